The Labute approximate surface area is 205 Å². The van der Waals surface area contributed by atoms with E-state index < -0.39 is 10.2 Å². The number of rotatable bonds is 0. The maximum absolute atomic E-state index is 11.1. The SMILES string of the molecule is CC(C)(C)N1CCCC1=O.CC(C)(C)[N+]1=C([O-])CCC1.O=[N+]([O-])[O-].O=[N+]([O-])[O-].[O-2].[O-2].[U]. The Kier molecular flexibility index (Phi) is 23.0. The molecule has 0 radical (unpaired) electrons. The van der Waals surface area contributed by atoms with E-state index >= 15 is 0 Å². The smallest absolute Gasteiger partial charge is 0.223 e. The van der Waals surface area contributed by atoms with Crippen LogP contribution in [0.4, 0.5) is 0 Å². The van der Waals surface area contributed by atoms with E-state index in [4.69, 9.17) is 30.6 Å². The van der Waals surface area contributed by atoms with Crippen LogP contribution in [0.2, 0.25) is 0 Å². The van der Waals surface area contributed by atoms with Gasteiger partial charge in [0, 0.05) is 62.5 Å². The van der Waals surface area contributed by atoms with Crippen molar-refractivity contribution in [1.82, 2.24) is 4.90 Å². The van der Waals surface area contributed by atoms with Crippen molar-refractivity contribution in [2.24, 2.45) is 0 Å². The van der Waals surface area contributed by atoms with Gasteiger partial charge in [-0.15, -0.1) is 0 Å². The molecule has 0 aromatic heterocycles. The molecule has 1 amide bonds. The Hall–Kier alpha value is -1.69. The maximum atomic E-state index is 11.1. The summed E-state index contributed by atoms with van der Waals surface area (Å²) in [6.45, 7) is 14.4. The molecule has 184 valence electrons. The minimum atomic E-state index is -1.75. The first kappa shape index (κ1) is 39.8. The van der Waals surface area contributed by atoms with Crippen LogP contribution in [0.1, 0.15) is 67.2 Å². The van der Waals surface area contributed by atoms with E-state index in [9.17, 15) is 9.90 Å². The molecule has 0 bridgehead atoms. The predicted octanol–water partition coefficient (Wildman–Crippen LogP) is 1.04. The van der Waals surface area contributed by atoms with Crippen molar-refractivity contribution in [1.29, 1.82) is 0 Å². The standard InChI is InChI=1S/2C8H15NO.2NO3.2O.U/c2*1-8(2,3)9-6-4-5-7(9)10;2*2-1(3)4;;;/h2*4-6H2,1-3H3;;;;;/q;;2*-1;2*-2;. The molecule has 0 saturated carbocycles. The zero-order chi connectivity index (χ0) is 22.7. The molecule has 0 atom stereocenters. The molecule has 2 heterocycles. The molecule has 0 N–H and O–H groups in total. The fourth-order valence-corrected chi connectivity index (χ4v) is 2.72. The van der Waals surface area contributed by atoms with Crippen molar-refractivity contribution in [3.63, 3.8) is 0 Å². The largest absolute Gasteiger partial charge is 2.00 e. The third-order valence-electron chi connectivity index (χ3n) is 3.77. The number of hydrogen-bond donors (Lipinski definition) is 0. The van der Waals surface area contributed by atoms with Crippen molar-refractivity contribution < 1.29 is 66.7 Å². The van der Waals surface area contributed by atoms with E-state index in [0.717, 1.165) is 38.8 Å². The van der Waals surface area contributed by atoms with Crippen molar-refractivity contribution in [2.75, 3.05) is 13.1 Å². The van der Waals surface area contributed by atoms with Crippen molar-refractivity contribution in [2.45, 2.75) is 78.3 Å². The molecule has 0 aromatic carbocycles. The monoisotopic (exact) mass is 676 g/mol. The summed E-state index contributed by atoms with van der Waals surface area (Å²) in [5.74, 6) is 0.625. The molecule has 0 aliphatic carbocycles. The van der Waals surface area contributed by atoms with Gasteiger partial charge in [-0.25, -0.2) is 4.58 Å². The van der Waals surface area contributed by atoms with E-state index in [-0.39, 0.29) is 53.1 Å². The summed E-state index contributed by atoms with van der Waals surface area (Å²) in [4.78, 5) is 29.6. The molecule has 2 aliphatic heterocycles. The van der Waals surface area contributed by atoms with Gasteiger partial charge in [-0.2, -0.15) is 0 Å². The summed E-state index contributed by atoms with van der Waals surface area (Å²) in [6.07, 6.45) is 3.57. The molecular formula is C16H30N4O10U-6. The van der Waals surface area contributed by atoms with Gasteiger partial charge >= 0.3 is 0 Å². The quantitative estimate of drug-likeness (QED) is 0.204. The third kappa shape index (κ3) is 21.3. The maximum Gasteiger partial charge on any atom is 0.223 e. The molecule has 2 aliphatic rings. The molecule has 1 fully saturated rings. The van der Waals surface area contributed by atoms with E-state index in [1.165, 1.54) is 0 Å². The predicted molar refractivity (Wildman–Crippen MR) is 102 cm³/mol. The summed E-state index contributed by atoms with van der Waals surface area (Å²) >= 11 is 0. The second-order valence-electron chi connectivity index (χ2n) is 8.09. The van der Waals surface area contributed by atoms with Crippen LogP contribution < -0.4 is 5.11 Å². The van der Waals surface area contributed by atoms with Crippen molar-refractivity contribution >= 4 is 11.8 Å². The van der Waals surface area contributed by atoms with Gasteiger partial charge in [0.25, 0.3) is 0 Å². The number of nitrogens with zero attached hydrogens (tertiary/aromatic N) is 4. The number of carbonyl (C=O) groups excluding carboxylic acids is 1. The van der Waals surface area contributed by atoms with Gasteiger partial charge in [-0.1, -0.05) is 0 Å². The summed E-state index contributed by atoms with van der Waals surface area (Å²) in [6, 6.07) is 0. The van der Waals surface area contributed by atoms with Gasteiger partial charge in [0.15, 0.2) is 5.54 Å². The Morgan fingerprint density at radius 1 is 0.871 bits per heavy atom. The zero-order valence-corrected chi connectivity index (χ0v) is 22.8. The third-order valence-corrected chi connectivity index (χ3v) is 3.77. The Morgan fingerprint density at radius 3 is 1.39 bits per heavy atom. The molecular weight excluding hydrogens is 646 g/mol. The van der Waals surface area contributed by atoms with E-state index in [2.05, 4.69) is 41.5 Å². The first-order chi connectivity index (χ1) is 12.5. The number of carbonyl (C=O) groups is 1. The molecule has 0 aromatic rings. The molecule has 15 heteroatoms. The summed E-state index contributed by atoms with van der Waals surface area (Å²) in [5, 5.41) is 40.6. The van der Waals surface area contributed by atoms with Crippen LogP contribution in [-0.4, -0.2) is 55.6 Å². The van der Waals surface area contributed by atoms with Crippen LogP contribution in [0.5, 0.6) is 0 Å². The summed E-state index contributed by atoms with van der Waals surface area (Å²) in [5.41, 5.74) is 0.0706. The molecule has 0 unspecified atom stereocenters. The normalized spacial score (nSPS) is 14.6. The number of likely N-dealkylation sites (tertiary alicyclic amines) is 1. The fourth-order valence-electron chi connectivity index (χ4n) is 2.72. The second kappa shape index (κ2) is 17.9. The zero-order valence-electron chi connectivity index (χ0n) is 18.6. The van der Waals surface area contributed by atoms with Crippen LogP contribution >= 0.6 is 0 Å². The van der Waals surface area contributed by atoms with Crippen LogP contribution in [0.15, 0.2) is 0 Å². The Bertz CT molecular complexity index is 554. The van der Waals surface area contributed by atoms with Crippen LogP contribution in [-0.2, 0) is 15.7 Å². The molecule has 0 spiro atoms. The van der Waals surface area contributed by atoms with E-state index in [1.807, 2.05) is 9.48 Å². The fraction of sp³-hybridized carbons (Fsp3) is 0.875. The van der Waals surface area contributed by atoms with Gasteiger partial charge in [0.05, 0.1) is 10.2 Å². The first-order valence-electron chi connectivity index (χ1n) is 8.74. The van der Waals surface area contributed by atoms with Crippen LogP contribution in [0.3, 0.4) is 0 Å². The van der Waals surface area contributed by atoms with Gasteiger partial charge in [0.2, 0.25) is 5.91 Å². The molecule has 31 heavy (non-hydrogen) atoms. The first-order valence-corrected chi connectivity index (χ1v) is 8.74. The average Bonchev–Trinajstić information content (AvgIpc) is 3.05. The van der Waals surface area contributed by atoms with Crippen LogP contribution in [0.25, 0.3) is 0 Å². The minimum Gasteiger partial charge on any atom is -2.00 e. The topological polar surface area (TPSA) is 236 Å². The summed E-state index contributed by atoms with van der Waals surface area (Å²) < 4.78 is 1.95. The van der Waals surface area contributed by atoms with Gasteiger partial charge in [-0.05, 0) is 48.0 Å². The van der Waals surface area contributed by atoms with Crippen molar-refractivity contribution in [3.8, 4) is 0 Å². The van der Waals surface area contributed by atoms with Gasteiger partial charge < -0.3 is 51.6 Å². The van der Waals surface area contributed by atoms with Crippen LogP contribution in [0, 0.1) is 61.8 Å². The minimum absolute atomic E-state index is 0. The van der Waals surface area contributed by atoms with Gasteiger partial charge in [-0.3, -0.25) is 4.79 Å². The molecule has 14 nitrogen and oxygen atoms in total. The number of amides is 1. The molecule has 1 saturated heterocycles. The van der Waals surface area contributed by atoms with E-state index in [0.29, 0.717) is 11.8 Å². The average molecular weight is 676 g/mol. The van der Waals surface area contributed by atoms with Gasteiger partial charge in [0.1, 0.15) is 12.4 Å². The Morgan fingerprint density at radius 2 is 1.26 bits per heavy atom. The molecule has 2 rings (SSSR count). The second-order valence-corrected chi connectivity index (χ2v) is 8.09. The van der Waals surface area contributed by atoms with Crippen molar-refractivity contribution in [3.05, 3.63) is 30.6 Å². The van der Waals surface area contributed by atoms with E-state index in [1.54, 1.807) is 0 Å². The summed E-state index contributed by atoms with van der Waals surface area (Å²) in [7, 11) is 0. The Balaban J connectivity index is -0.000000102. The number of hydrogen-bond acceptors (Lipinski definition) is 8.